The molecule has 1 aromatic carbocycles. The van der Waals surface area contributed by atoms with Gasteiger partial charge < -0.3 is 5.11 Å². The molecule has 21 heavy (non-hydrogen) atoms. The second-order valence-corrected chi connectivity index (χ2v) is 5.08. The van der Waals surface area contributed by atoms with E-state index < -0.39 is 0 Å². The van der Waals surface area contributed by atoms with Crippen molar-refractivity contribution in [2.75, 3.05) is 0 Å². The molecule has 2 heteroatoms. The molecule has 0 N–H and O–H groups in total. The van der Waals surface area contributed by atoms with Gasteiger partial charge in [0, 0.05) is 0 Å². The fraction of sp³-hybridized carbons (Fsp3) is 0.421. The summed E-state index contributed by atoms with van der Waals surface area (Å²) >= 11 is 0. The molecule has 0 unspecified atom stereocenters. The van der Waals surface area contributed by atoms with Gasteiger partial charge in [-0.2, -0.15) is 18.2 Å². The van der Waals surface area contributed by atoms with Crippen LogP contribution in [0.4, 0.5) is 0 Å². The van der Waals surface area contributed by atoms with Gasteiger partial charge in [-0.3, -0.25) is 0 Å². The molecule has 0 fully saturated rings. The van der Waals surface area contributed by atoms with Crippen molar-refractivity contribution < 1.29 is 22.2 Å². The Morgan fingerprint density at radius 2 is 1.52 bits per heavy atom. The molecule has 116 valence electrons. The maximum Gasteiger partial charge on any atom is 2.00 e. The first-order valence-electron chi connectivity index (χ1n) is 7.76. The molecule has 0 heterocycles. The van der Waals surface area contributed by atoms with Crippen LogP contribution in [0, 0.1) is 0 Å². The van der Waals surface area contributed by atoms with Crippen molar-refractivity contribution >= 4 is 0 Å². The zero-order chi connectivity index (χ0) is 14.5. The smallest absolute Gasteiger partial charge is 0.875 e. The Morgan fingerprint density at radius 3 is 2.05 bits per heavy atom. The first-order valence-corrected chi connectivity index (χ1v) is 7.76. The van der Waals surface area contributed by atoms with Crippen LogP contribution in [0.2, 0.25) is 0 Å². The molecule has 0 bridgehead atoms. The molecule has 0 aromatic heterocycles. The van der Waals surface area contributed by atoms with E-state index in [0.29, 0.717) is 5.76 Å². The van der Waals surface area contributed by atoms with Gasteiger partial charge in [-0.1, -0.05) is 69.8 Å². The summed E-state index contributed by atoms with van der Waals surface area (Å²) in [4.78, 5) is 0. The van der Waals surface area contributed by atoms with E-state index in [1.165, 1.54) is 32.1 Å². The third kappa shape index (κ3) is 10.3. The second kappa shape index (κ2) is 13.9. The minimum Gasteiger partial charge on any atom is -0.875 e. The number of hydrogen-bond donors (Lipinski definition) is 0. The summed E-state index contributed by atoms with van der Waals surface area (Å²) in [5, 5.41) is 11.6. The Balaban J connectivity index is 0.000000562. The number of allylic oxidation sites excluding steroid dienone is 6. The maximum absolute atomic E-state index is 11.6. The van der Waals surface area contributed by atoms with Crippen LogP contribution in [0.15, 0.2) is 66.0 Å². The van der Waals surface area contributed by atoms with Gasteiger partial charge in [-0.15, -0.1) is 5.76 Å². The molecular weight excluding hydrogens is 300 g/mol. The zero-order valence-electron chi connectivity index (χ0n) is 12.9. The largest absolute Gasteiger partial charge is 2.00 e. The van der Waals surface area contributed by atoms with Crippen molar-refractivity contribution in [3.05, 3.63) is 66.0 Å². The average Bonchev–Trinajstić information content (AvgIpc) is 3.18. The van der Waals surface area contributed by atoms with Crippen LogP contribution in [0.25, 0.3) is 0 Å². The number of rotatable bonds is 7. The van der Waals surface area contributed by atoms with Crippen LogP contribution < -0.4 is 5.11 Å². The van der Waals surface area contributed by atoms with E-state index in [9.17, 15) is 5.11 Å². The number of unbranched alkanes of at least 4 members (excludes halogenated alkanes) is 5. The third-order valence-electron chi connectivity index (χ3n) is 3.30. The van der Waals surface area contributed by atoms with Crippen molar-refractivity contribution in [3.63, 3.8) is 0 Å². The van der Waals surface area contributed by atoms with E-state index in [1.54, 1.807) is 0 Å². The molecule has 0 saturated carbocycles. The van der Waals surface area contributed by atoms with Gasteiger partial charge in [-0.05, 0) is 12.0 Å². The van der Waals surface area contributed by atoms with Crippen molar-refractivity contribution in [3.8, 4) is 0 Å². The van der Waals surface area contributed by atoms with Crippen molar-refractivity contribution in [1.29, 1.82) is 0 Å². The predicted molar refractivity (Wildman–Crippen MR) is 85.3 cm³/mol. The minimum atomic E-state index is 0. The molecule has 0 aliphatic heterocycles. The van der Waals surface area contributed by atoms with Gasteiger partial charge in [-0.25, -0.2) is 12.1 Å². The predicted octanol–water partition coefficient (Wildman–Crippen LogP) is 4.88. The fourth-order valence-electron chi connectivity index (χ4n) is 2.09. The summed E-state index contributed by atoms with van der Waals surface area (Å²) < 4.78 is 0. The summed E-state index contributed by atoms with van der Waals surface area (Å²) in [6, 6.07) is 10.0. The Bertz CT molecular complexity index is 382. The quantitative estimate of drug-likeness (QED) is 0.303. The minimum absolute atomic E-state index is 0. The van der Waals surface area contributed by atoms with Crippen LogP contribution in [0.5, 0.6) is 0 Å². The van der Waals surface area contributed by atoms with Crippen LogP contribution >= 0.6 is 0 Å². The second-order valence-electron chi connectivity index (χ2n) is 5.08. The normalized spacial score (nSPS) is 11.8. The summed E-state index contributed by atoms with van der Waals surface area (Å²) in [6.45, 7) is 2.22. The van der Waals surface area contributed by atoms with Gasteiger partial charge in [0.1, 0.15) is 0 Å². The molecule has 0 saturated heterocycles. The Kier molecular flexibility index (Phi) is 13.1. The molecule has 1 aliphatic rings. The summed E-state index contributed by atoms with van der Waals surface area (Å²) in [5.74, 6) is 0.301. The molecule has 0 amide bonds. The maximum atomic E-state index is 11.6. The van der Waals surface area contributed by atoms with Crippen LogP contribution in [0.1, 0.15) is 51.9 Å². The van der Waals surface area contributed by atoms with Crippen molar-refractivity contribution in [1.82, 2.24) is 0 Å². The standard InChI is InChI=1S/C14H22O.C5H5.Fe/c1-2-3-4-5-6-7-12-14(15)13-10-8-9-11-13;1-2-4-5-3-1;/h8-11,15H,2-7,12H2,1H3;1-5H;/q;-1;+2/p-1. The van der Waals surface area contributed by atoms with Crippen molar-refractivity contribution in [2.24, 2.45) is 0 Å². The van der Waals surface area contributed by atoms with E-state index >= 15 is 0 Å². The average molecular weight is 326 g/mol. The number of hydrogen-bond acceptors (Lipinski definition) is 1. The molecule has 1 nitrogen and oxygen atoms in total. The van der Waals surface area contributed by atoms with E-state index in [2.05, 4.69) is 6.92 Å². The fourth-order valence-corrected chi connectivity index (χ4v) is 2.09. The first-order chi connectivity index (χ1) is 9.84. The Morgan fingerprint density at radius 1 is 0.952 bits per heavy atom. The van der Waals surface area contributed by atoms with Gasteiger partial charge in [0.25, 0.3) is 0 Å². The molecule has 1 aromatic rings. The summed E-state index contributed by atoms with van der Waals surface area (Å²) in [6.07, 6.45) is 15.8. The van der Waals surface area contributed by atoms with Crippen LogP contribution in [-0.2, 0) is 17.1 Å². The van der Waals surface area contributed by atoms with Gasteiger partial charge in [0.05, 0.1) is 0 Å². The summed E-state index contributed by atoms with van der Waals surface area (Å²) in [5.41, 5.74) is 0.878. The van der Waals surface area contributed by atoms with Crippen molar-refractivity contribution in [2.45, 2.75) is 51.9 Å². The van der Waals surface area contributed by atoms with E-state index in [0.717, 1.165) is 18.4 Å². The van der Waals surface area contributed by atoms with E-state index in [4.69, 9.17) is 0 Å². The molecule has 2 rings (SSSR count). The molecular formula is C19H26FeO. The molecule has 0 atom stereocenters. The van der Waals surface area contributed by atoms with Gasteiger partial charge in [0.2, 0.25) is 0 Å². The monoisotopic (exact) mass is 326 g/mol. The molecule has 0 spiro atoms. The molecule has 0 radical (unpaired) electrons. The SMILES string of the molecule is CCCCCCCCC([O-])=C1C=CC=C1.[Fe+2].c1cc[cH-]c1. The zero-order valence-corrected chi connectivity index (χ0v) is 14.0. The Hall–Kier alpha value is -1.11. The summed E-state index contributed by atoms with van der Waals surface area (Å²) in [7, 11) is 0. The van der Waals surface area contributed by atoms with E-state index in [-0.39, 0.29) is 17.1 Å². The Labute approximate surface area is 140 Å². The van der Waals surface area contributed by atoms with Gasteiger partial charge in [0.15, 0.2) is 0 Å². The first kappa shape index (κ1) is 19.9. The van der Waals surface area contributed by atoms with Crippen LogP contribution in [0.3, 0.4) is 0 Å². The van der Waals surface area contributed by atoms with Gasteiger partial charge >= 0.3 is 17.1 Å². The van der Waals surface area contributed by atoms with Crippen LogP contribution in [-0.4, -0.2) is 0 Å². The topological polar surface area (TPSA) is 23.1 Å². The van der Waals surface area contributed by atoms with E-state index in [1.807, 2.05) is 54.6 Å². The third-order valence-corrected chi connectivity index (χ3v) is 3.30. The molecule has 1 aliphatic carbocycles.